The molecule has 0 aliphatic heterocycles. The third-order valence-corrected chi connectivity index (χ3v) is 4.38. The summed E-state index contributed by atoms with van der Waals surface area (Å²) in [5.74, 6) is 0. The van der Waals surface area contributed by atoms with Gasteiger partial charge in [0.2, 0.25) is 0 Å². The molecular weight excluding hydrogens is 324 g/mol. The average molecular weight is 344 g/mol. The Morgan fingerprint density at radius 2 is 1.69 bits per heavy atom. The molecule has 0 bridgehead atoms. The van der Waals surface area contributed by atoms with E-state index in [1.165, 1.54) is 0 Å². The highest BCUT2D eigenvalue weighted by Gasteiger charge is 2.10. The summed E-state index contributed by atoms with van der Waals surface area (Å²) in [6, 6.07) is 19.1. The largest absolute Gasteiger partial charge is 0.374 e. The molecule has 3 rings (SSSR count). The molecule has 26 heavy (non-hydrogen) atoms. The molecule has 130 valence electrons. The summed E-state index contributed by atoms with van der Waals surface area (Å²) >= 11 is 0. The van der Waals surface area contributed by atoms with Gasteiger partial charge < -0.3 is 4.90 Å². The first-order valence-electron chi connectivity index (χ1n) is 8.47. The molecule has 0 spiro atoms. The number of rotatable bonds is 7. The number of nitrogens with zero attached hydrogens (tertiary/aromatic N) is 2. The van der Waals surface area contributed by atoms with Gasteiger partial charge in [0.05, 0.1) is 0 Å². The molecule has 1 aromatic heterocycles. The highest BCUT2D eigenvalue weighted by Crippen LogP contribution is 2.27. The maximum absolute atomic E-state index is 11.5. The SMILES string of the molecule is CN(CCc1ccccn1)c1cc(-c2ccc(C=O)cc2)ccc1C=O. The maximum atomic E-state index is 11.5. The van der Waals surface area contributed by atoms with Crippen molar-refractivity contribution in [2.45, 2.75) is 6.42 Å². The molecule has 0 atom stereocenters. The van der Waals surface area contributed by atoms with Gasteiger partial charge in [0.25, 0.3) is 0 Å². The Hall–Kier alpha value is -3.27. The van der Waals surface area contributed by atoms with Gasteiger partial charge in [-0.25, -0.2) is 0 Å². The minimum Gasteiger partial charge on any atom is -0.374 e. The quantitative estimate of drug-likeness (QED) is 0.607. The topological polar surface area (TPSA) is 50.3 Å². The van der Waals surface area contributed by atoms with E-state index in [-0.39, 0.29) is 0 Å². The second-order valence-electron chi connectivity index (χ2n) is 6.12. The van der Waals surface area contributed by atoms with Crippen molar-refractivity contribution in [3.8, 4) is 11.1 Å². The van der Waals surface area contributed by atoms with Crippen LogP contribution in [-0.4, -0.2) is 31.1 Å². The molecule has 1 heterocycles. The zero-order valence-corrected chi connectivity index (χ0v) is 14.6. The number of benzene rings is 2. The first kappa shape index (κ1) is 17.5. The Morgan fingerprint density at radius 1 is 0.923 bits per heavy atom. The van der Waals surface area contributed by atoms with Crippen molar-refractivity contribution < 1.29 is 9.59 Å². The monoisotopic (exact) mass is 344 g/mol. The fourth-order valence-corrected chi connectivity index (χ4v) is 2.86. The van der Waals surface area contributed by atoms with E-state index in [1.54, 1.807) is 18.3 Å². The van der Waals surface area contributed by atoms with E-state index in [4.69, 9.17) is 0 Å². The van der Waals surface area contributed by atoms with Crippen molar-refractivity contribution in [2.24, 2.45) is 0 Å². The molecule has 2 aromatic carbocycles. The van der Waals surface area contributed by atoms with Crippen molar-refractivity contribution in [2.75, 3.05) is 18.5 Å². The molecule has 0 radical (unpaired) electrons. The number of aromatic nitrogens is 1. The predicted octanol–water partition coefficient (Wildman–Crippen LogP) is 4.05. The van der Waals surface area contributed by atoms with E-state index >= 15 is 0 Å². The molecular formula is C22H20N2O2. The van der Waals surface area contributed by atoms with Crippen LogP contribution in [0.4, 0.5) is 5.69 Å². The fourth-order valence-electron chi connectivity index (χ4n) is 2.86. The molecule has 0 saturated carbocycles. The van der Waals surface area contributed by atoms with E-state index < -0.39 is 0 Å². The highest BCUT2D eigenvalue weighted by atomic mass is 16.1. The molecule has 4 nitrogen and oxygen atoms in total. The lowest BCUT2D eigenvalue weighted by Crippen LogP contribution is -2.22. The number of hydrogen-bond donors (Lipinski definition) is 0. The molecule has 0 N–H and O–H groups in total. The summed E-state index contributed by atoms with van der Waals surface area (Å²) in [6.07, 6.45) is 4.30. The molecule has 3 aromatic rings. The Balaban J connectivity index is 1.84. The van der Waals surface area contributed by atoms with E-state index in [0.717, 1.165) is 48.0 Å². The second-order valence-corrected chi connectivity index (χ2v) is 6.12. The van der Waals surface area contributed by atoms with Crippen LogP contribution in [0.2, 0.25) is 0 Å². The van der Waals surface area contributed by atoms with Crippen LogP contribution < -0.4 is 4.90 Å². The van der Waals surface area contributed by atoms with Gasteiger partial charge in [-0.2, -0.15) is 0 Å². The first-order chi connectivity index (χ1) is 12.7. The van der Waals surface area contributed by atoms with Crippen LogP contribution in [0.1, 0.15) is 26.4 Å². The predicted molar refractivity (Wildman–Crippen MR) is 104 cm³/mol. The molecule has 0 saturated heterocycles. The van der Waals surface area contributed by atoms with Crippen molar-refractivity contribution in [3.63, 3.8) is 0 Å². The lowest BCUT2D eigenvalue weighted by Gasteiger charge is -2.22. The van der Waals surface area contributed by atoms with Crippen molar-refractivity contribution in [3.05, 3.63) is 83.7 Å². The Morgan fingerprint density at radius 3 is 2.35 bits per heavy atom. The minimum absolute atomic E-state index is 0.644. The Kier molecular flexibility index (Phi) is 5.54. The van der Waals surface area contributed by atoms with E-state index in [2.05, 4.69) is 9.88 Å². The summed E-state index contributed by atoms with van der Waals surface area (Å²) in [4.78, 5) is 28.7. The Labute approximate surface area is 153 Å². The standard InChI is InChI=1S/C22H20N2O2/c1-24(13-11-21-4-2-3-12-23-21)22-14-19(9-10-20(22)16-26)18-7-5-17(15-25)6-8-18/h2-10,12,14-16H,11,13H2,1H3. The summed E-state index contributed by atoms with van der Waals surface area (Å²) in [5, 5.41) is 0. The van der Waals surface area contributed by atoms with Crippen LogP contribution in [-0.2, 0) is 6.42 Å². The lowest BCUT2D eigenvalue weighted by molar-refractivity contribution is 0.111. The van der Waals surface area contributed by atoms with Crippen molar-refractivity contribution in [1.82, 2.24) is 4.98 Å². The first-order valence-corrected chi connectivity index (χ1v) is 8.47. The summed E-state index contributed by atoms with van der Waals surface area (Å²) < 4.78 is 0. The van der Waals surface area contributed by atoms with Gasteiger partial charge >= 0.3 is 0 Å². The molecule has 0 aliphatic rings. The fraction of sp³-hybridized carbons (Fsp3) is 0.136. The van der Waals surface area contributed by atoms with Crippen LogP contribution in [0.15, 0.2) is 66.9 Å². The van der Waals surface area contributed by atoms with Gasteiger partial charge in [0.1, 0.15) is 6.29 Å². The van der Waals surface area contributed by atoms with Crippen LogP contribution in [0.5, 0.6) is 0 Å². The maximum Gasteiger partial charge on any atom is 0.152 e. The minimum atomic E-state index is 0.644. The summed E-state index contributed by atoms with van der Waals surface area (Å²) in [5.41, 5.74) is 5.22. The van der Waals surface area contributed by atoms with Crippen LogP contribution in [0.25, 0.3) is 11.1 Å². The van der Waals surface area contributed by atoms with E-state index in [9.17, 15) is 9.59 Å². The number of carbonyl (C=O) groups is 2. The van der Waals surface area contributed by atoms with Gasteiger partial charge in [-0.15, -0.1) is 0 Å². The van der Waals surface area contributed by atoms with Gasteiger partial charge in [-0.05, 0) is 35.4 Å². The van der Waals surface area contributed by atoms with Gasteiger partial charge in [0.15, 0.2) is 6.29 Å². The summed E-state index contributed by atoms with van der Waals surface area (Å²) in [7, 11) is 1.98. The average Bonchev–Trinajstić information content (AvgIpc) is 2.72. The Bertz CT molecular complexity index is 890. The third kappa shape index (κ3) is 4.03. The van der Waals surface area contributed by atoms with Crippen LogP contribution in [0, 0.1) is 0 Å². The highest BCUT2D eigenvalue weighted by molar-refractivity contribution is 5.87. The number of hydrogen-bond acceptors (Lipinski definition) is 4. The van der Waals surface area contributed by atoms with E-state index in [1.807, 2.05) is 55.6 Å². The number of carbonyl (C=O) groups excluding carboxylic acids is 2. The second kappa shape index (κ2) is 8.21. The van der Waals surface area contributed by atoms with Crippen molar-refractivity contribution >= 4 is 18.3 Å². The van der Waals surface area contributed by atoms with E-state index in [0.29, 0.717) is 11.1 Å². The van der Waals surface area contributed by atoms with Crippen LogP contribution in [0.3, 0.4) is 0 Å². The number of pyridine rings is 1. The van der Waals surface area contributed by atoms with Crippen LogP contribution >= 0.6 is 0 Å². The zero-order chi connectivity index (χ0) is 18.4. The molecule has 0 amide bonds. The smallest absolute Gasteiger partial charge is 0.152 e. The van der Waals surface area contributed by atoms with Gasteiger partial charge in [0, 0.05) is 48.7 Å². The normalized spacial score (nSPS) is 10.3. The summed E-state index contributed by atoms with van der Waals surface area (Å²) in [6.45, 7) is 0.755. The molecule has 0 aliphatic carbocycles. The zero-order valence-electron chi connectivity index (χ0n) is 14.6. The van der Waals surface area contributed by atoms with Gasteiger partial charge in [-0.3, -0.25) is 14.6 Å². The molecule has 0 unspecified atom stereocenters. The number of likely N-dealkylation sites (N-methyl/N-ethyl adjacent to an activating group) is 1. The van der Waals surface area contributed by atoms with Crippen molar-refractivity contribution in [1.29, 1.82) is 0 Å². The van der Waals surface area contributed by atoms with Gasteiger partial charge in [-0.1, -0.05) is 36.4 Å². The third-order valence-electron chi connectivity index (χ3n) is 4.38. The molecule has 4 heteroatoms. The lowest BCUT2D eigenvalue weighted by atomic mass is 10.0. The number of aldehydes is 2. The number of anilines is 1. The molecule has 0 fully saturated rings.